The normalized spacial score (nSPS) is 28.8. The second-order valence-electron chi connectivity index (χ2n) is 4.51. The zero-order valence-electron chi connectivity index (χ0n) is 8.48. The Balaban J connectivity index is 2.52. The van der Waals surface area contributed by atoms with Gasteiger partial charge in [-0.05, 0) is 11.8 Å². The van der Waals surface area contributed by atoms with Gasteiger partial charge in [-0.3, -0.25) is 9.48 Å². The van der Waals surface area contributed by atoms with E-state index in [0.29, 0.717) is 12.1 Å². The fourth-order valence-corrected chi connectivity index (χ4v) is 2.21. The van der Waals surface area contributed by atoms with E-state index in [4.69, 9.17) is 0 Å². The molecule has 1 aliphatic rings. The van der Waals surface area contributed by atoms with Crippen LogP contribution in [0, 0.1) is 5.41 Å². The molecule has 2 rings (SSSR count). The summed E-state index contributed by atoms with van der Waals surface area (Å²) in [6, 6.07) is 0. The molecule has 1 aliphatic carbocycles. The first-order valence-electron chi connectivity index (χ1n) is 4.50. The first kappa shape index (κ1) is 9.18. The molecule has 0 spiro atoms. The molecule has 1 aromatic heterocycles. The highest BCUT2D eigenvalue weighted by Crippen LogP contribution is 2.64. The summed E-state index contributed by atoms with van der Waals surface area (Å²) < 4.78 is 1.54. The Morgan fingerprint density at radius 1 is 1.64 bits per heavy atom. The molecule has 1 unspecified atom stereocenters. The van der Waals surface area contributed by atoms with E-state index in [1.165, 1.54) is 0 Å². The van der Waals surface area contributed by atoms with Gasteiger partial charge in [0.05, 0.1) is 11.9 Å². The Hall–Kier alpha value is -1.39. The number of carboxylic acid groups (broad SMARTS) is 1. The highest BCUT2D eigenvalue weighted by molar-refractivity contribution is 5.86. The average Bonchev–Trinajstić information content (AvgIpc) is 2.44. The maximum Gasteiger partial charge on any atom is 0.316 e. The third kappa shape index (κ3) is 0.867. The monoisotopic (exact) mass is 195 g/mol. The smallest absolute Gasteiger partial charge is 0.316 e. The van der Waals surface area contributed by atoms with E-state index in [-0.39, 0.29) is 5.41 Å². The SMILES string of the molecule is Cn1nncc1C1(C(=O)O)CC1(C)C. The lowest BCUT2D eigenvalue weighted by Crippen LogP contribution is -2.28. The van der Waals surface area contributed by atoms with Crippen LogP contribution >= 0.6 is 0 Å². The summed E-state index contributed by atoms with van der Waals surface area (Å²) in [5.41, 5.74) is -0.297. The minimum atomic E-state index is -0.786. The third-order valence-electron chi connectivity index (χ3n) is 3.25. The number of carbonyl (C=O) groups is 1. The molecule has 1 saturated carbocycles. The van der Waals surface area contributed by atoms with Crippen LogP contribution in [0.3, 0.4) is 0 Å². The lowest BCUT2D eigenvalue weighted by Gasteiger charge is -2.14. The second-order valence-corrected chi connectivity index (χ2v) is 4.51. The van der Waals surface area contributed by atoms with Crippen molar-refractivity contribution in [3.05, 3.63) is 11.9 Å². The van der Waals surface area contributed by atoms with Crippen molar-refractivity contribution in [1.82, 2.24) is 15.0 Å². The van der Waals surface area contributed by atoms with Crippen LogP contribution in [-0.2, 0) is 17.3 Å². The molecule has 0 aliphatic heterocycles. The molecule has 0 saturated heterocycles. The summed E-state index contributed by atoms with van der Waals surface area (Å²) >= 11 is 0. The number of carboxylic acids is 1. The van der Waals surface area contributed by atoms with E-state index in [2.05, 4.69) is 10.3 Å². The number of aromatic nitrogens is 3. The van der Waals surface area contributed by atoms with Crippen LogP contribution in [0.4, 0.5) is 0 Å². The number of rotatable bonds is 2. The van der Waals surface area contributed by atoms with Crippen molar-refractivity contribution in [2.45, 2.75) is 25.7 Å². The Bertz CT molecular complexity index is 397. The molecule has 76 valence electrons. The van der Waals surface area contributed by atoms with Crippen molar-refractivity contribution in [1.29, 1.82) is 0 Å². The average molecular weight is 195 g/mol. The Morgan fingerprint density at radius 3 is 2.50 bits per heavy atom. The van der Waals surface area contributed by atoms with Crippen LogP contribution in [0.15, 0.2) is 6.20 Å². The summed E-state index contributed by atoms with van der Waals surface area (Å²) in [4.78, 5) is 11.3. The Kier molecular flexibility index (Phi) is 1.54. The highest BCUT2D eigenvalue weighted by atomic mass is 16.4. The van der Waals surface area contributed by atoms with E-state index >= 15 is 0 Å². The first-order chi connectivity index (χ1) is 6.42. The molecule has 1 N–H and O–H groups in total. The van der Waals surface area contributed by atoms with Crippen LogP contribution in [0.2, 0.25) is 0 Å². The molecule has 1 heterocycles. The minimum absolute atomic E-state index is 0.200. The lowest BCUT2D eigenvalue weighted by molar-refractivity contribution is -0.141. The van der Waals surface area contributed by atoms with Crippen LogP contribution in [0.5, 0.6) is 0 Å². The third-order valence-corrected chi connectivity index (χ3v) is 3.25. The Labute approximate surface area is 81.7 Å². The summed E-state index contributed by atoms with van der Waals surface area (Å²) in [6.07, 6.45) is 2.19. The molecule has 0 radical (unpaired) electrons. The molecule has 0 amide bonds. The van der Waals surface area contributed by atoms with Crippen molar-refractivity contribution >= 4 is 5.97 Å². The van der Waals surface area contributed by atoms with Crippen molar-refractivity contribution in [3.63, 3.8) is 0 Å². The van der Waals surface area contributed by atoms with Gasteiger partial charge in [-0.15, -0.1) is 5.10 Å². The van der Waals surface area contributed by atoms with E-state index in [1.807, 2.05) is 13.8 Å². The van der Waals surface area contributed by atoms with Gasteiger partial charge in [0.2, 0.25) is 0 Å². The number of aliphatic carboxylic acids is 1. The molecular formula is C9H13N3O2. The quantitative estimate of drug-likeness (QED) is 0.749. The molecule has 1 aromatic rings. The van der Waals surface area contributed by atoms with Crippen molar-refractivity contribution < 1.29 is 9.90 Å². The predicted octanol–water partition coefficient (Wildman–Crippen LogP) is 0.567. The fourth-order valence-electron chi connectivity index (χ4n) is 2.21. The second kappa shape index (κ2) is 2.34. The molecule has 5 nitrogen and oxygen atoms in total. The van der Waals surface area contributed by atoms with Gasteiger partial charge in [-0.2, -0.15) is 0 Å². The maximum atomic E-state index is 11.3. The molecule has 1 fully saturated rings. The van der Waals surface area contributed by atoms with Crippen LogP contribution < -0.4 is 0 Å². The summed E-state index contributed by atoms with van der Waals surface area (Å²) in [5.74, 6) is -0.784. The van der Waals surface area contributed by atoms with Crippen LogP contribution in [0.25, 0.3) is 0 Å². The first-order valence-corrected chi connectivity index (χ1v) is 4.50. The topological polar surface area (TPSA) is 68.0 Å². The fraction of sp³-hybridized carbons (Fsp3) is 0.667. The molecule has 1 atom stereocenters. The largest absolute Gasteiger partial charge is 0.481 e. The Morgan fingerprint density at radius 2 is 2.21 bits per heavy atom. The summed E-state index contributed by atoms with van der Waals surface area (Å²) in [5, 5.41) is 16.8. The highest BCUT2D eigenvalue weighted by Gasteiger charge is 2.69. The van der Waals surface area contributed by atoms with E-state index in [0.717, 1.165) is 0 Å². The molecule has 0 bridgehead atoms. The number of aryl methyl sites for hydroxylation is 1. The number of hydrogen-bond donors (Lipinski definition) is 1. The van der Waals surface area contributed by atoms with Crippen molar-refractivity contribution in [2.75, 3.05) is 0 Å². The molecule has 0 aromatic carbocycles. The molecular weight excluding hydrogens is 182 g/mol. The van der Waals surface area contributed by atoms with Crippen LogP contribution in [0.1, 0.15) is 26.0 Å². The standard InChI is InChI=1S/C9H13N3O2/c1-8(2)5-9(8,7(13)14)6-4-10-11-12(6)3/h4H,5H2,1-3H3,(H,13,14). The predicted molar refractivity (Wildman–Crippen MR) is 48.7 cm³/mol. The molecule has 14 heavy (non-hydrogen) atoms. The zero-order chi connectivity index (χ0) is 10.6. The van der Waals surface area contributed by atoms with E-state index in [1.54, 1.807) is 17.9 Å². The maximum absolute atomic E-state index is 11.3. The number of hydrogen-bond acceptors (Lipinski definition) is 3. The van der Waals surface area contributed by atoms with Gasteiger partial charge in [0.25, 0.3) is 0 Å². The van der Waals surface area contributed by atoms with Gasteiger partial charge in [0, 0.05) is 7.05 Å². The van der Waals surface area contributed by atoms with Gasteiger partial charge < -0.3 is 5.11 Å². The van der Waals surface area contributed by atoms with Gasteiger partial charge in [0.1, 0.15) is 5.41 Å². The van der Waals surface area contributed by atoms with E-state index in [9.17, 15) is 9.90 Å². The van der Waals surface area contributed by atoms with Gasteiger partial charge in [-0.25, -0.2) is 0 Å². The van der Waals surface area contributed by atoms with Gasteiger partial charge >= 0.3 is 5.97 Å². The number of nitrogens with zero attached hydrogens (tertiary/aromatic N) is 3. The van der Waals surface area contributed by atoms with Crippen LogP contribution in [-0.4, -0.2) is 26.1 Å². The summed E-state index contributed by atoms with van der Waals surface area (Å²) in [7, 11) is 1.72. The van der Waals surface area contributed by atoms with Crippen molar-refractivity contribution in [3.8, 4) is 0 Å². The van der Waals surface area contributed by atoms with Crippen molar-refractivity contribution in [2.24, 2.45) is 12.5 Å². The van der Waals surface area contributed by atoms with Gasteiger partial charge in [0.15, 0.2) is 0 Å². The minimum Gasteiger partial charge on any atom is -0.481 e. The lowest BCUT2D eigenvalue weighted by atomic mass is 9.93. The molecule has 5 heteroatoms. The van der Waals surface area contributed by atoms with Gasteiger partial charge in [-0.1, -0.05) is 19.1 Å². The summed E-state index contributed by atoms with van der Waals surface area (Å²) in [6.45, 7) is 3.90. The zero-order valence-corrected chi connectivity index (χ0v) is 8.48. The van der Waals surface area contributed by atoms with E-state index < -0.39 is 11.4 Å².